The Morgan fingerprint density at radius 2 is 2.00 bits per heavy atom. The third kappa shape index (κ3) is 5.28. The first-order chi connectivity index (χ1) is 13.1. The van der Waals surface area contributed by atoms with E-state index < -0.39 is 0 Å². The Balaban J connectivity index is 1.53. The number of oxazole rings is 1. The summed E-state index contributed by atoms with van der Waals surface area (Å²) in [5, 5.41) is 0. The molecule has 0 bridgehead atoms. The first-order valence-corrected chi connectivity index (χ1v) is 10.8. The number of benzene rings is 1. The van der Waals surface area contributed by atoms with E-state index in [1.807, 2.05) is 43.0 Å². The minimum atomic E-state index is 0.236. The number of carbonyl (C=O) groups is 1. The summed E-state index contributed by atoms with van der Waals surface area (Å²) < 4.78 is 11.3. The van der Waals surface area contributed by atoms with E-state index in [1.165, 1.54) is 0 Å². The van der Waals surface area contributed by atoms with Gasteiger partial charge in [0.2, 0.25) is 11.8 Å². The first-order valence-electron chi connectivity index (χ1n) is 9.62. The molecule has 0 aliphatic carbocycles. The van der Waals surface area contributed by atoms with Crippen molar-refractivity contribution in [2.75, 3.05) is 25.4 Å². The predicted molar refractivity (Wildman–Crippen MR) is 109 cm³/mol. The molecule has 3 rings (SSSR count). The molecule has 1 fully saturated rings. The van der Waals surface area contributed by atoms with Gasteiger partial charge in [0, 0.05) is 24.4 Å². The number of aromatic nitrogens is 1. The summed E-state index contributed by atoms with van der Waals surface area (Å²) in [5.74, 6) is 4.42. The van der Waals surface area contributed by atoms with Crippen LogP contribution in [-0.4, -0.2) is 41.2 Å². The fourth-order valence-electron chi connectivity index (χ4n) is 3.13. The average molecular weight is 389 g/mol. The zero-order valence-corrected chi connectivity index (χ0v) is 17.2. The van der Waals surface area contributed by atoms with Crippen molar-refractivity contribution in [1.82, 2.24) is 9.88 Å². The third-order valence-electron chi connectivity index (χ3n) is 4.91. The monoisotopic (exact) mass is 388 g/mol. The van der Waals surface area contributed by atoms with Gasteiger partial charge < -0.3 is 14.1 Å². The molecule has 0 atom stereocenters. The number of piperidine rings is 1. The van der Waals surface area contributed by atoms with E-state index in [-0.39, 0.29) is 5.91 Å². The molecule has 0 N–H and O–H groups in total. The van der Waals surface area contributed by atoms with Crippen molar-refractivity contribution in [3.05, 3.63) is 35.7 Å². The molecular formula is C21H28N2O3S. The van der Waals surface area contributed by atoms with Gasteiger partial charge in [0.05, 0.1) is 18.1 Å². The van der Waals surface area contributed by atoms with E-state index in [1.54, 1.807) is 11.8 Å². The second-order valence-electron chi connectivity index (χ2n) is 7.04. The molecule has 1 amide bonds. The Hall–Kier alpha value is -1.95. The molecule has 0 spiro atoms. The number of aryl methyl sites for hydroxylation is 1. The van der Waals surface area contributed by atoms with Gasteiger partial charge in [0.15, 0.2) is 0 Å². The second kappa shape index (κ2) is 9.31. The summed E-state index contributed by atoms with van der Waals surface area (Å²) in [4.78, 5) is 19.0. The van der Waals surface area contributed by atoms with Crippen LogP contribution in [0.3, 0.4) is 0 Å². The van der Waals surface area contributed by atoms with Crippen molar-refractivity contribution in [1.29, 1.82) is 0 Å². The smallest absolute Gasteiger partial charge is 0.232 e. The fourth-order valence-corrected chi connectivity index (χ4v) is 4.05. The Labute approximate surface area is 165 Å². The molecule has 5 nitrogen and oxygen atoms in total. The third-order valence-corrected chi connectivity index (χ3v) is 5.83. The molecule has 0 radical (unpaired) electrons. The molecule has 1 saturated heterocycles. The second-order valence-corrected chi connectivity index (χ2v) is 8.02. The minimum absolute atomic E-state index is 0.236. The lowest BCUT2D eigenvalue weighted by molar-refractivity contribution is -0.129. The van der Waals surface area contributed by atoms with Crippen molar-refractivity contribution < 1.29 is 13.9 Å². The van der Waals surface area contributed by atoms with Crippen molar-refractivity contribution in [3.63, 3.8) is 0 Å². The molecule has 0 unspecified atom stereocenters. The number of hydrogen-bond acceptors (Lipinski definition) is 5. The standard InChI is InChI=1S/C21H28N2O3S/c1-4-25-18-7-5-17(6-8-18)21-22-19(16(3)26-21)13-27-14-20(24)23-11-9-15(2)10-12-23/h5-8,15H,4,9-14H2,1-3H3. The van der Waals surface area contributed by atoms with Crippen LogP contribution in [0.5, 0.6) is 5.75 Å². The summed E-state index contributed by atoms with van der Waals surface area (Å²) in [6.45, 7) is 8.58. The molecule has 2 heterocycles. The Morgan fingerprint density at radius 1 is 1.30 bits per heavy atom. The topological polar surface area (TPSA) is 55.6 Å². The number of likely N-dealkylation sites (tertiary alicyclic amines) is 1. The van der Waals surface area contributed by atoms with Crippen LogP contribution in [0, 0.1) is 12.8 Å². The van der Waals surface area contributed by atoms with Crippen molar-refractivity contribution >= 4 is 17.7 Å². The molecule has 27 heavy (non-hydrogen) atoms. The van der Waals surface area contributed by atoms with Crippen LogP contribution in [0.25, 0.3) is 11.5 Å². The molecule has 1 aliphatic heterocycles. The van der Waals surface area contributed by atoms with Crippen molar-refractivity contribution in [2.45, 2.75) is 39.4 Å². The van der Waals surface area contributed by atoms with Crippen LogP contribution in [0.2, 0.25) is 0 Å². The van der Waals surface area contributed by atoms with E-state index >= 15 is 0 Å². The highest BCUT2D eigenvalue weighted by Gasteiger charge is 2.20. The van der Waals surface area contributed by atoms with E-state index in [0.717, 1.165) is 54.6 Å². The fraction of sp³-hybridized carbons (Fsp3) is 0.524. The van der Waals surface area contributed by atoms with Crippen LogP contribution in [-0.2, 0) is 10.5 Å². The summed E-state index contributed by atoms with van der Waals surface area (Å²) in [7, 11) is 0. The Bertz CT molecular complexity index is 749. The molecule has 6 heteroatoms. The maximum Gasteiger partial charge on any atom is 0.232 e. The normalized spacial score (nSPS) is 15.1. The molecule has 146 valence electrons. The van der Waals surface area contributed by atoms with Gasteiger partial charge in [-0.25, -0.2) is 4.98 Å². The number of carbonyl (C=O) groups excluding carboxylic acids is 1. The number of nitrogens with zero attached hydrogens (tertiary/aromatic N) is 2. The van der Waals surface area contributed by atoms with Crippen LogP contribution in [0.15, 0.2) is 28.7 Å². The predicted octanol–water partition coefficient (Wildman–Crippen LogP) is 4.54. The number of amides is 1. The van der Waals surface area contributed by atoms with Gasteiger partial charge in [-0.3, -0.25) is 4.79 Å². The lowest BCUT2D eigenvalue weighted by Gasteiger charge is -2.30. The highest BCUT2D eigenvalue weighted by molar-refractivity contribution is 7.99. The molecule has 0 saturated carbocycles. The first kappa shape index (κ1) is 19.8. The zero-order valence-electron chi connectivity index (χ0n) is 16.4. The van der Waals surface area contributed by atoms with Crippen LogP contribution < -0.4 is 4.74 Å². The molecule has 1 aromatic carbocycles. The highest BCUT2D eigenvalue weighted by Crippen LogP contribution is 2.26. The van der Waals surface area contributed by atoms with Crippen LogP contribution in [0.4, 0.5) is 0 Å². The summed E-state index contributed by atoms with van der Waals surface area (Å²) in [5.41, 5.74) is 1.83. The number of rotatable bonds is 7. The van der Waals surface area contributed by atoms with Gasteiger partial charge in [-0.2, -0.15) is 0 Å². The Morgan fingerprint density at radius 3 is 2.67 bits per heavy atom. The van der Waals surface area contributed by atoms with E-state index in [4.69, 9.17) is 9.15 Å². The van der Waals surface area contributed by atoms with E-state index in [0.29, 0.717) is 24.0 Å². The van der Waals surface area contributed by atoms with Gasteiger partial charge >= 0.3 is 0 Å². The maximum atomic E-state index is 12.3. The summed E-state index contributed by atoms with van der Waals surface area (Å²) in [6, 6.07) is 7.75. The van der Waals surface area contributed by atoms with Crippen molar-refractivity contribution in [3.8, 4) is 17.2 Å². The summed E-state index contributed by atoms with van der Waals surface area (Å²) >= 11 is 1.61. The van der Waals surface area contributed by atoms with Gasteiger partial charge in [0.1, 0.15) is 11.5 Å². The number of hydrogen-bond donors (Lipinski definition) is 0. The van der Waals surface area contributed by atoms with E-state index in [2.05, 4.69) is 11.9 Å². The van der Waals surface area contributed by atoms with Crippen molar-refractivity contribution in [2.24, 2.45) is 5.92 Å². The number of thioether (sulfide) groups is 1. The lowest BCUT2D eigenvalue weighted by Crippen LogP contribution is -2.38. The van der Waals surface area contributed by atoms with Gasteiger partial charge in [-0.1, -0.05) is 6.92 Å². The molecular weight excluding hydrogens is 360 g/mol. The molecule has 1 aliphatic rings. The maximum absolute atomic E-state index is 12.3. The lowest BCUT2D eigenvalue weighted by atomic mass is 9.99. The Kier molecular flexibility index (Phi) is 6.83. The summed E-state index contributed by atoms with van der Waals surface area (Å²) in [6.07, 6.45) is 2.23. The quantitative estimate of drug-likeness (QED) is 0.697. The highest BCUT2D eigenvalue weighted by atomic mass is 32.2. The van der Waals surface area contributed by atoms with Crippen LogP contribution >= 0.6 is 11.8 Å². The van der Waals surface area contributed by atoms with Gasteiger partial charge in [-0.05, 0) is 56.9 Å². The van der Waals surface area contributed by atoms with E-state index in [9.17, 15) is 4.79 Å². The van der Waals surface area contributed by atoms with Crippen LogP contribution in [0.1, 0.15) is 38.1 Å². The number of ether oxygens (including phenoxy) is 1. The van der Waals surface area contributed by atoms with Gasteiger partial charge in [-0.15, -0.1) is 11.8 Å². The average Bonchev–Trinajstić information content (AvgIpc) is 3.04. The zero-order chi connectivity index (χ0) is 19.2. The van der Waals surface area contributed by atoms with Gasteiger partial charge in [0.25, 0.3) is 0 Å². The SMILES string of the molecule is CCOc1ccc(-c2nc(CSCC(=O)N3CCC(C)CC3)c(C)o2)cc1. The largest absolute Gasteiger partial charge is 0.494 e. The minimum Gasteiger partial charge on any atom is -0.494 e. The molecule has 1 aromatic heterocycles. The molecule has 2 aromatic rings.